The van der Waals surface area contributed by atoms with Gasteiger partial charge in [-0.15, -0.1) is 11.8 Å². The molecule has 0 radical (unpaired) electrons. The van der Waals surface area contributed by atoms with E-state index >= 15 is 0 Å². The maximum Gasteiger partial charge on any atom is 0.416 e. The summed E-state index contributed by atoms with van der Waals surface area (Å²) in [5, 5.41) is 2.29. The molecule has 134 valence electrons. The molecule has 0 aromatic heterocycles. The van der Waals surface area contributed by atoms with Gasteiger partial charge in [-0.3, -0.25) is 4.79 Å². The number of carbonyl (C=O) groups is 1. The number of halogens is 3. The zero-order valence-electron chi connectivity index (χ0n) is 13.0. The molecular formula is C15H18F3NO3S2. The summed E-state index contributed by atoms with van der Waals surface area (Å²) in [5.74, 6) is 0.199. The summed E-state index contributed by atoms with van der Waals surface area (Å²) < 4.78 is 60.2. The van der Waals surface area contributed by atoms with Crippen molar-refractivity contribution in [3.63, 3.8) is 0 Å². The quantitative estimate of drug-likeness (QED) is 0.852. The molecule has 1 N–H and O–H groups in total. The van der Waals surface area contributed by atoms with Gasteiger partial charge in [-0.2, -0.15) is 13.2 Å². The highest BCUT2D eigenvalue weighted by Crippen LogP contribution is 2.29. The number of nitrogens with one attached hydrogen (secondary N) is 1. The highest BCUT2D eigenvalue weighted by molar-refractivity contribution is 7.99. The average Bonchev–Trinajstić information content (AvgIpc) is 2.83. The van der Waals surface area contributed by atoms with Gasteiger partial charge in [0.05, 0.1) is 22.3 Å². The average molecular weight is 381 g/mol. The van der Waals surface area contributed by atoms with Crippen molar-refractivity contribution in [3.05, 3.63) is 35.4 Å². The van der Waals surface area contributed by atoms with Gasteiger partial charge in [0.2, 0.25) is 5.91 Å². The summed E-state index contributed by atoms with van der Waals surface area (Å²) >= 11 is 1.29. The molecule has 0 bridgehead atoms. The largest absolute Gasteiger partial charge is 0.416 e. The predicted octanol–water partition coefficient (Wildman–Crippen LogP) is 2.63. The van der Waals surface area contributed by atoms with Crippen LogP contribution in [0.3, 0.4) is 0 Å². The fourth-order valence-electron chi connectivity index (χ4n) is 2.31. The van der Waals surface area contributed by atoms with Crippen LogP contribution in [-0.4, -0.2) is 37.1 Å². The monoisotopic (exact) mass is 381 g/mol. The molecule has 0 saturated carbocycles. The number of benzene rings is 1. The highest BCUT2D eigenvalue weighted by atomic mass is 32.2. The van der Waals surface area contributed by atoms with Gasteiger partial charge in [0, 0.05) is 11.8 Å². The van der Waals surface area contributed by atoms with E-state index in [1.165, 1.54) is 23.9 Å². The van der Waals surface area contributed by atoms with E-state index < -0.39 is 26.8 Å². The molecule has 4 nitrogen and oxygen atoms in total. The van der Waals surface area contributed by atoms with Crippen molar-refractivity contribution in [3.8, 4) is 0 Å². The SMILES string of the molecule is C[C@@H](SCc1ccc(C(F)(F)F)cc1)C(=O)N[C@@H]1CCS(=O)(=O)C1. The Morgan fingerprint density at radius 3 is 2.46 bits per heavy atom. The van der Waals surface area contributed by atoms with E-state index in [4.69, 9.17) is 0 Å². The molecule has 0 unspecified atom stereocenters. The van der Waals surface area contributed by atoms with Gasteiger partial charge >= 0.3 is 6.18 Å². The molecule has 9 heteroatoms. The maximum atomic E-state index is 12.5. The standard InChI is InChI=1S/C15H18F3NO3S2/c1-10(14(20)19-13-6-7-24(21,22)9-13)23-8-11-2-4-12(5-3-11)15(16,17)18/h2-5,10,13H,6-9H2,1H3,(H,19,20)/t10-,13-/m1/s1. The van der Waals surface area contributed by atoms with E-state index in [0.717, 1.165) is 12.1 Å². The number of carbonyl (C=O) groups excluding carboxylic acids is 1. The van der Waals surface area contributed by atoms with Gasteiger partial charge in [0.15, 0.2) is 9.84 Å². The minimum atomic E-state index is -4.36. The molecule has 1 fully saturated rings. The van der Waals surface area contributed by atoms with Crippen LogP contribution < -0.4 is 5.32 Å². The van der Waals surface area contributed by atoms with Crippen LogP contribution in [0.25, 0.3) is 0 Å². The van der Waals surface area contributed by atoms with Crippen LogP contribution in [-0.2, 0) is 26.6 Å². The fourth-order valence-corrected chi connectivity index (χ4v) is 4.84. The number of hydrogen-bond donors (Lipinski definition) is 1. The molecule has 1 heterocycles. The van der Waals surface area contributed by atoms with E-state index in [0.29, 0.717) is 17.7 Å². The highest BCUT2D eigenvalue weighted by Gasteiger charge is 2.31. The third-order valence-electron chi connectivity index (χ3n) is 3.73. The third-order valence-corrected chi connectivity index (χ3v) is 6.71. The second kappa shape index (κ2) is 7.35. The summed E-state index contributed by atoms with van der Waals surface area (Å²) in [5.41, 5.74) is -0.0134. The first-order valence-corrected chi connectivity index (χ1v) is 10.2. The van der Waals surface area contributed by atoms with E-state index in [1.807, 2.05) is 0 Å². The molecule has 1 saturated heterocycles. The first kappa shape index (κ1) is 19.1. The van der Waals surface area contributed by atoms with Crippen LogP contribution in [0.4, 0.5) is 13.2 Å². The Bertz CT molecular complexity index is 687. The third kappa shape index (κ3) is 5.41. The molecule has 1 aliphatic heterocycles. The number of sulfone groups is 1. The number of alkyl halides is 3. The second-order valence-corrected chi connectivity index (χ2v) is 9.31. The molecule has 1 aliphatic rings. The molecule has 1 aromatic carbocycles. The van der Waals surface area contributed by atoms with Crippen molar-refractivity contribution in [2.24, 2.45) is 0 Å². The first-order chi connectivity index (χ1) is 11.1. The minimum Gasteiger partial charge on any atom is -0.351 e. The van der Waals surface area contributed by atoms with Crippen molar-refractivity contribution < 1.29 is 26.4 Å². The maximum absolute atomic E-state index is 12.5. The van der Waals surface area contributed by atoms with Crippen molar-refractivity contribution >= 4 is 27.5 Å². The number of thioether (sulfide) groups is 1. The minimum absolute atomic E-state index is 0.0327. The molecule has 0 aliphatic carbocycles. The Labute approximate surface area is 143 Å². The van der Waals surface area contributed by atoms with E-state index in [1.54, 1.807) is 6.92 Å². The lowest BCUT2D eigenvalue weighted by Crippen LogP contribution is -2.40. The molecular weight excluding hydrogens is 363 g/mol. The molecule has 24 heavy (non-hydrogen) atoms. The molecule has 2 rings (SSSR count). The number of hydrogen-bond acceptors (Lipinski definition) is 4. The van der Waals surface area contributed by atoms with Crippen molar-refractivity contribution in [2.75, 3.05) is 11.5 Å². The summed E-state index contributed by atoms with van der Waals surface area (Å²) in [7, 11) is -3.05. The predicted molar refractivity (Wildman–Crippen MR) is 87.4 cm³/mol. The van der Waals surface area contributed by atoms with Crippen LogP contribution in [0.5, 0.6) is 0 Å². The van der Waals surface area contributed by atoms with Crippen LogP contribution in [0.2, 0.25) is 0 Å². The Kier molecular flexibility index (Phi) is 5.85. The van der Waals surface area contributed by atoms with Gasteiger partial charge in [0.1, 0.15) is 0 Å². The van der Waals surface area contributed by atoms with Gasteiger partial charge in [-0.05, 0) is 31.0 Å². The molecule has 1 aromatic rings. The van der Waals surface area contributed by atoms with Gasteiger partial charge in [-0.1, -0.05) is 12.1 Å². The summed E-state index contributed by atoms with van der Waals surface area (Å²) in [6.07, 6.45) is -3.94. The fraction of sp³-hybridized carbons (Fsp3) is 0.533. The van der Waals surface area contributed by atoms with Crippen LogP contribution >= 0.6 is 11.8 Å². The Balaban J connectivity index is 1.82. The molecule has 2 atom stereocenters. The Hall–Kier alpha value is -1.22. The number of rotatable bonds is 5. The lowest BCUT2D eigenvalue weighted by molar-refractivity contribution is -0.137. The van der Waals surface area contributed by atoms with Crippen molar-refractivity contribution in [2.45, 2.75) is 36.6 Å². The summed E-state index contributed by atoms with van der Waals surface area (Å²) in [6.45, 7) is 1.69. The first-order valence-electron chi connectivity index (χ1n) is 7.35. The Morgan fingerprint density at radius 1 is 1.33 bits per heavy atom. The zero-order valence-corrected chi connectivity index (χ0v) is 14.6. The Morgan fingerprint density at radius 2 is 1.96 bits per heavy atom. The lowest BCUT2D eigenvalue weighted by atomic mass is 10.1. The van der Waals surface area contributed by atoms with Crippen LogP contribution in [0.15, 0.2) is 24.3 Å². The molecule has 0 spiro atoms. The van der Waals surface area contributed by atoms with Gasteiger partial charge < -0.3 is 5.32 Å². The lowest BCUT2D eigenvalue weighted by Gasteiger charge is -2.16. The van der Waals surface area contributed by atoms with Gasteiger partial charge in [-0.25, -0.2) is 8.42 Å². The van der Waals surface area contributed by atoms with Crippen LogP contribution in [0, 0.1) is 0 Å². The second-order valence-electron chi connectivity index (χ2n) is 5.76. The molecule has 1 amide bonds. The van der Waals surface area contributed by atoms with Crippen molar-refractivity contribution in [1.82, 2.24) is 5.32 Å². The zero-order chi connectivity index (χ0) is 18.0. The van der Waals surface area contributed by atoms with E-state index in [9.17, 15) is 26.4 Å². The van der Waals surface area contributed by atoms with Crippen molar-refractivity contribution in [1.29, 1.82) is 0 Å². The summed E-state index contributed by atoms with van der Waals surface area (Å²) in [6, 6.07) is 4.47. The normalized spacial score (nSPS) is 21.4. The smallest absolute Gasteiger partial charge is 0.351 e. The topological polar surface area (TPSA) is 63.2 Å². The number of amides is 1. The van der Waals surface area contributed by atoms with Crippen LogP contribution in [0.1, 0.15) is 24.5 Å². The van der Waals surface area contributed by atoms with Gasteiger partial charge in [0.25, 0.3) is 0 Å². The van der Waals surface area contributed by atoms with E-state index in [2.05, 4.69) is 5.32 Å². The summed E-state index contributed by atoms with van der Waals surface area (Å²) in [4.78, 5) is 12.0. The van der Waals surface area contributed by atoms with E-state index in [-0.39, 0.29) is 23.5 Å².